The van der Waals surface area contributed by atoms with Crippen LogP contribution in [0, 0.1) is 0 Å². The summed E-state index contributed by atoms with van der Waals surface area (Å²) in [6.45, 7) is 24.9. The van der Waals surface area contributed by atoms with Crippen LogP contribution in [-0.2, 0) is 19.1 Å². The van der Waals surface area contributed by atoms with E-state index in [1.54, 1.807) is 16.8 Å². The second-order valence-corrected chi connectivity index (χ2v) is 25.3. The second-order valence-electron chi connectivity index (χ2n) is 14.1. The first-order chi connectivity index (χ1) is 16.8. The number of esters is 1. The Balaban J connectivity index is 2.24. The van der Waals surface area contributed by atoms with Crippen molar-refractivity contribution in [1.29, 1.82) is 0 Å². The fourth-order valence-electron chi connectivity index (χ4n) is 5.76. The fraction of sp³-hybridized carbons (Fsp3) is 0.778. The highest BCUT2D eigenvalue weighted by molar-refractivity contribution is 6.87. The van der Waals surface area contributed by atoms with Gasteiger partial charge in [0, 0.05) is 25.1 Å². The van der Waals surface area contributed by atoms with Crippen LogP contribution in [0.25, 0.3) is 0 Å². The number of carbonyl (C=O) groups excluding carboxylic acids is 2. The van der Waals surface area contributed by atoms with Crippen molar-refractivity contribution >= 4 is 33.8 Å². The zero-order valence-corrected chi connectivity index (χ0v) is 26.6. The molecule has 2 aliphatic heterocycles. The van der Waals surface area contributed by atoms with Gasteiger partial charge in [-0.3, -0.25) is 14.2 Å². The lowest BCUT2D eigenvalue weighted by Gasteiger charge is -2.52. The molecule has 10 heteroatoms. The highest BCUT2D eigenvalue weighted by Gasteiger charge is 2.64. The summed E-state index contributed by atoms with van der Waals surface area (Å²) in [6, 6.07) is 1.66. The van der Waals surface area contributed by atoms with Crippen molar-refractivity contribution < 1.29 is 19.1 Å². The molecule has 5 atom stereocenters. The lowest BCUT2D eigenvalue weighted by Crippen LogP contribution is -2.55. The molecule has 0 saturated carbocycles. The normalized spacial score (nSPS) is 27.6. The van der Waals surface area contributed by atoms with Crippen LogP contribution in [0.2, 0.25) is 47.3 Å². The predicted molar refractivity (Wildman–Crippen MR) is 152 cm³/mol. The predicted octanol–water partition coefficient (Wildman–Crippen LogP) is 5.95. The van der Waals surface area contributed by atoms with Crippen molar-refractivity contribution in [2.45, 2.75) is 134 Å². The van der Waals surface area contributed by atoms with Gasteiger partial charge in [-0.2, -0.15) is 4.98 Å². The van der Waals surface area contributed by atoms with Gasteiger partial charge in [-0.1, -0.05) is 67.7 Å². The van der Waals surface area contributed by atoms with Crippen molar-refractivity contribution in [2.24, 2.45) is 0 Å². The maximum atomic E-state index is 13.4. The van der Waals surface area contributed by atoms with Gasteiger partial charge in [0.25, 0.3) is 0 Å². The van der Waals surface area contributed by atoms with Crippen LogP contribution in [0.4, 0.5) is 5.82 Å². The molecule has 0 aromatic carbocycles. The summed E-state index contributed by atoms with van der Waals surface area (Å²) in [6.07, 6.45) is 2.58. The van der Waals surface area contributed by atoms with Crippen LogP contribution in [0.1, 0.15) is 74.0 Å². The molecular formula is C27H47N3O5Si2. The minimum atomic E-state index is -2.14. The number of hydrogen-bond acceptors (Lipinski definition) is 6. The Bertz CT molecular complexity index is 1090. The number of nitrogens with one attached hydrogen (secondary N) is 1. The molecule has 208 valence electrons. The van der Waals surface area contributed by atoms with Crippen molar-refractivity contribution in [2.75, 3.05) is 5.32 Å². The topological polar surface area (TPSA) is 99.5 Å². The molecule has 0 spiro atoms. The lowest BCUT2D eigenvalue weighted by molar-refractivity contribution is -0.165. The first-order valence-electron chi connectivity index (χ1n) is 13.5. The Labute approximate surface area is 223 Å². The van der Waals surface area contributed by atoms with Gasteiger partial charge in [-0.15, -0.1) is 0 Å². The summed E-state index contributed by atoms with van der Waals surface area (Å²) in [4.78, 5) is 41.5. The van der Waals surface area contributed by atoms with Gasteiger partial charge < -0.3 is 14.8 Å². The molecule has 3 heterocycles. The zero-order valence-electron chi connectivity index (χ0n) is 24.6. The van der Waals surface area contributed by atoms with Crippen molar-refractivity contribution in [1.82, 2.24) is 9.55 Å². The molecule has 3 rings (SSSR count). The molecule has 0 bridgehead atoms. The summed E-state index contributed by atoms with van der Waals surface area (Å²) in [5, 5.41) is 2.70. The van der Waals surface area contributed by atoms with Crippen LogP contribution < -0.4 is 11.0 Å². The van der Waals surface area contributed by atoms with E-state index in [-0.39, 0.29) is 51.1 Å². The van der Waals surface area contributed by atoms with Gasteiger partial charge in [0.1, 0.15) is 18.1 Å². The number of nitrogens with zero attached hydrogens (tertiary/aromatic N) is 2. The summed E-state index contributed by atoms with van der Waals surface area (Å²) in [5.41, 5.74) is -0.170. The number of ether oxygens (including phenoxy) is 2. The number of amides is 1. The maximum absolute atomic E-state index is 13.4. The number of anilines is 1. The van der Waals surface area contributed by atoms with E-state index < -0.39 is 28.1 Å². The molecule has 0 radical (unpaired) electrons. The van der Waals surface area contributed by atoms with E-state index in [4.69, 9.17) is 9.47 Å². The second kappa shape index (κ2) is 10.1. The van der Waals surface area contributed by atoms with Crippen molar-refractivity contribution in [3.05, 3.63) is 22.7 Å². The molecular weight excluding hydrogens is 502 g/mol. The zero-order chi connectivity index (χ0) is 28.1. The van der Waals surface area contributed by atoms with E-state index in [0.717, 1.165) is 12.8 Å². The van der Waals surface area contributed by atoms with Gasteiger partial charge in [0.2, 0.25) is 5.91 Å². The molecule has 0 aliphatic carbocycles. The number of carbonyl (C=O) groups is 2. The molecule has 8 nitrogen and oxygen atoms in total. The number of cyclic esters (lactones) is 1. The molecule has 1 aromatic heterocycles. The van der Waals surface area contributed by atoms with E-state index in [1.165, 1.54) is 6.92 Å². The first kappa shape index (κ1) is 29.8. The molecule has 2 saturated heterocycles. The van der Waals surface area contributed by atoms with Gasteiger partial charge in [0.05, 0.1) is 22.3 Å². The smallest absolute Gasteiger partial charge is 0.351 e. The number of rotatable bonds is 5. The number of aromatic nitrogens is 2. The van der Waals surface area contributed by atoms with E-state index in [0.29, 0.717) is 6.42 Å². The Kier molecular flexibility index (Phi) is 8.10. The van der Waals surface area contributed by atoms with E-state index in [2.05, 4.69) is 78.0 Å². The molecule has 0 unspecified atom stereocenters. The van der Waals surface area contributed by atoms with Gasteiger partial charge >= 0.3 is 11.7 Å². The molecule has 1 aromatic rings. The highest BCUT2D eigenvalue weighted by atomic mass is 28.3. The fourth-order valence-corrected chi connectivity index (χ4v) is 14.5. The Morgan fingerprint density at radius 1 is 1.03 bits per heavy atom. The molecule has 2 aliphatic rings. The minimum absolute atomic E-state index is 0.0329. The minimum Gasteiger partial charge on any atom is -0.460 e. The van der Waals surface area contributed by atoms with Gasteiger partial charge in [-0.05, 0) is 34.5 Å². The third kappa shape index (κ3) is 5.66. The Morgan fingerprint density at radius 2 is 1.59 bits per heavy atom. The molecule has 1 N–H and O–H groups in total. The van der Waals surface area contributed by atoms with E-state index >= 15 is 0 Å². The van der Waals surface area contributed by atoms with Crippen LogP contribution in [0.15, 0.2) is 17.1 Å². The Hall–Kier alpha value is -1.79. The third-order valence-corrected chi connectivity index (χ3v) is 22.5. The molecule has 37 heavy (non-hydrogen) atoms. The SMILES string of the molecule is CC(=O)Nc1ccn([C@@H]2O[C@H]([C@H]3CCCC(=O)O3)[C@@H]([Si](C)(C)C(C)(C)C)[C@@H]2[Si](C)(C)C(C)(C)C)c(=O)n1. The average Bonchev–Trinajstić information content (AvgIpc) is 3.13. The maximum Gasteiger partial charge on any atom is 0.351 e. The standard InChI is InChI=1S/C27H47N3O5Si2/c1-17(31)28-19-15-16-30(25(33)29-19)24-23(37(10,11)27(5,6)7)22(36(8,9)26(2,3)4)21(35-24)18-13-12-14-20(32)34-18/h15-16,18,21-24H,12-14H2,1-11H3,(H,28,29,31,33)/t18-,21-,22-,23+,24-/m1/s1. The average molecular weight is 550 g/mol. The van der Waals surface area contributed by atoms with Crippen LogP contribution in [-0.4, -0.2) is 49.8 Å². The first-order valence-corrected chi connectivity index (χ1v) is 19.7. The van der Waals surface area contributed by atoms with Crippen LogP contribution in [0.5, 0.6) is 0 Å². The van der Waals surface area contributed by atoms with Crippen molar-refractivity contribution in [3.8, 4) is 0 Å². The van der Waals surface area contributed by atoms with Crippen molar-refractivity contribution in [3.63, 3.8) is 0 Å². The van der Waals surface area contributed by atoms with E-state index in [1.807, 2.05) is 0 Å². The largest absolute Gasteiger partial charge is 0.460 e. The third-order valence-electron chi connectivity index (χ3n) is 9.80. The summed E-state index contributed by atoms with van der Waals surface area (Å²) < 4.78 is 14.5. The summed E-state index contributed by atoms with van der Waals surface area (Å²) in [7, 11) is -4.23. The monoisotopic (exact) mass is 549 g/mol. The summed E-state index contributed by atoms with van der Waals surface area (Å²) in [5.74, 6) is -0.216. The van der Waals surface area contributed by atoms with Crippen LogP contribution in [0.3, 0.4) is 0 Å². The molecule has 1 amide bonds. The van der Waals surface area contributed by atoms with Gasteiger partial charge in [0.15, 0.2) is 0 Å². The number of hydrogen-bond donors (Lipinski definition) is 1. The van der Waals surface area contributed by atoms with E-state index in [9.17, 15) is 14.4 Å². The summed E-state index contributed by atoms with van der Waals surface area (Å²) >= 11 is 0. The van der Waals surface area contributed by atoms with Gasteiger partial charge in [-0.25, -0.2) is 4.79 Å². The highest BCUT2D eigenvalue weighted by Crippen LogP contribution is 2.65. The molecule has 2 fully saturated rings. The van der Waals surface area contributed by atoms with Crippen LogP contribution >= 0.6 is 0 Å². The quantitative estimate of drug-likeness (QED) is 0.360. The Morgan fingerprint density at radius 3 is 2.08 bits per heavy atom. The lowest BCUT2D eigenvalue weighted by atomic mass is 10.0.